The summed E-state index contributed by atoms with van der Waals surface area (Å²) in [5, 5.41) is 11.3. The maximum absolute atomic E-state index is 9.22. The Morgan fingerprint density at radius 2 is 2.31 bits per heavy atom. The molecule has 0 amide bonds. The summed E-state index contributed by atoms with van der Waals surface area (Å²) in [6.45, 7) is 2.13. The van der Waals surface area contributed by atoms with Crippen LogP contribution < -0.4 is 0 Å². The number of hydrogen-bond donors (Lipinski definition) is 1. The molecule has 1 unspecified atom stereocenters. The molecule has 3 nitrogen and oxygen atoms in total. The second-order valence-electron chi connectivity index (χ2n) is 3.57. The van der Waals surface area contributed by atoms with E-state index in [1.54, 1.807) is 17.5 Å². The zero-order valence-corrected chi connectivity index (χ0v) is 9.94. The largest absolute Gasteiger partial charge is 0.396 e. The first-order valence-electron chi connectivity index (χ1n) is 5.32. The zero-order valence-electron chi connectivity index (χ0n) is 9.13. The van der Waals surface area contributed by atoms with Crippen LogP contribution in [0, 0.1) is 0 Å². The number of aromatic nitrogens is 2. The van der Waals surface area contributed by atoms with E-state index < -0.39 is 0 Å². The standard InChI is InChI=1S/C12H14N2OS/c1-2-9(8-15)12-13-6-5-10(14-12)11-4-3-7-16-11/h3-7,9,15H,2,8H2,1H3. The number of thiophene rings is 1. The van der Waals surface area contributed by atoms with Crippen LogP contribution >= 0.6 is 11.3 Å². The van der Waals surface area contributed by atoms with Gasteiger partial charge in [0.05, 0.1) is 17.2 Å². The second-order valence-corrected chi connectivity index (χ2v) is 4.51. The molecule has 0 saturated carbocycles. The minimum absolute atomic E-state index is 0.0416. The molecule has 0 aliphatic rings. The first kappa shape index (κ1) is 11.2. The van der Waals surface area contributed by atoms with Crippen molar-refractivity contribution >= 4 is 11.3 Å². The van der Waals surface area contributed by atoms with Crippen LogP contribution in [0.15, 0.2) is 29.8 Å². The van der Waals surface area contributed by atoms with Gasteiger partial charge in [0.15, 0.2) is 0 Å². The number of aliphatic hydroxyl groups is 1. The summed E-state index contributed by atoms with van der Waals surface area (Å²) in [5.41, 5.74) is 0.937. The number of nitrogens with zero attached hydrogens (tertiary/aromatic N) is 2. The summed E-state index contributed by atoms with van der Waals surface area (Å²) >= 11 is 1.66. The van der Waals surface area contributed by atoms with E-state index in [0.29, 0.717) is 0 Å². The van der Waals surface area contributed by atoms with Crippen LogP contribution in [0.4, 0.5) is 0 Å². The average Bonchev–Trinajstić information content (AvgIpc) is 2.85. The van der Waals surface area contributed by atoms with Crippen molar-refractivity contribution in [2.24, 2.45) is 0 Å². The van der Waals surface area contributed by atoms with Crippen LogP contribution in [-0.4, -0.2) is 21.7 Å². The summed E-state index contributed by atoms with van der Waals surface area (Å²) in [5.74, 6) is 0.774. The maximum Gasteiger partial charge on any atom is 0.134 e. The molecule has 0 fully saturated rings. The van der Waals surface area contributed by atoms with Gasteiger partial charge < -0.3 is 5.11 Å². The molecule has 1 atom stereocenters. The summed E-state index contributed by atoms with van der Waals surface area (Å²) in [6, 6.07) is 5.95. The topological polar surface area (TPSA) is 46.0 Å². The van der Waals surface area contributed by atoms with E-state index in [2.05, 4.69) is 9.97 Å². The van der Waals surface area contributed by atoms with Gasteiger partial charge in [-0.3, -0.25) is 0 Å². The second kappa shape index (κ2) is 5.18. The van der Waals surface area contributed by atoms with Gasteiger partial charge in [-0.15, -0.1) is 11.3 Å². The van der Waals surface area contributed by atoms with Crippen LogP contribution in [0.5, 0.6) is 0 Å². The fourth-order valence-corrected chi connectivity index (χ4v) is 2.22. The predicted octanol–water partition coefficient (Wildman–Crippen LogP) is 2.69. The van der Waals surface area contributed by atoms with Crippen LogP contribution in [0.2, 0.25) is 0 Å². The van der Waals surface area contributed by atoms with E-state index in [4.69, 9.17) is 0 Å². The highest BCUT2D eigenvalue weighted by Crippen LogP contribution is 2.24. The highest BCUT2D eigenvalue weighted by atomic mass is 32.1. The Bertz CT molecular complexity index is 438. The predicted molar refractivity (Wildman–Crippen MR) is 65.5 cm³/mol. The van der Waals surface area contributed by atoms with E-state index in [-0.39, 0.29) is 12.5 Å². The van der Waals surface area contributed by atoms with Crippen molar-refractivity contribution in [1.82, 2.24) is 9.97 Å². The molecule has 84 valence electrons. The van der Waals surface area contributed by atoms with Crippen molar-refractivity contribution in [3.63, 3.8) is 0 Å². The van der Waals surface area contributed by atoms with Crippen LogP contribution in [0.1, 0.15) is 25.1 Å². The molecule has 0 aromatic carbocycles. The molecule has 2 heterocycles. The lowest BCUT2D eigenvalue weighted by Gasteiger charge is -2.10. The summed E-state index contributed by atoms with van der Waals surface area (Å²) in [6.07, 6.45) is 2.61. The highest BCUT2D eigenvalue weighted by Gasteiger charge is 2.12. The van der Waals surface area contributed by atoms with Crippen molar-refractivity contribution in [3.8, 4) is 10.6 Å². The van der Waals surface area contributed by atoms with Crippen molar-refractivity contribution in [2.45, 2.75) is 19.3 Å². The Labute approximate surface area is 98.8 Å². The van der Waals surface area contributed by atoms with E-state index in [1.807, 2.05) is 30.5 Å². The monoisotopic (exact) mass is 234 g/mol. The lowest BCUT2D eigenvalue weighted by Crippen LogP contribution is -2.07. The molecular formula is C12H14N2OS. The Kier molecular flexibility index (Phi) is 3.64. The summed E-state index contributed by atoms with van der Waals surface area (Å²) in [4.78, 5) is 9.86. The van der Waals surface area contributed by atoms with Gasteiger partial charge >= 0.3 is 0 Å². The molecule has 0 aliphatic carbocycles. The van der Waals surface area contributed by atoms with Crippen LogP contribution in [0.3, 0.4) is 0 Å². The molecule has 1 N–H and O–H groups in total. The van der Waals surface area contributed by atoms with Gasteiger partial charge in [0.25, 0.3) is 0 Å². The molecule has 0 aliphatic heterocycles. The quantitative estimate of drug-likeness (QED) is 0.884. The number of rotatable bonds is 4. The third-order valence-electron chi connectivity index (χ3n) is 2.53. The fourth-order valence-electron chi connectivity index (χ4n) is 1.53. The molecule has 4 heteroatoms. The van der Waals surface area contributed by atoms with Gasteiger partial charge in [-0.05, 0) is 23.9 Å². The van der Waals surface area contributed by atoms with E-state index in [9.17, 15) is 5.11 Å². The lowest BCUT2D eigenvalue weighted by atomic mass is 10.1. The summed E-state index contributed by atoms with van der Waals surface area (Å²) in [7, 11) is 0. The highest BCUT2D eigenvalue weighted by molar-refractivity contribution is 7.13. The van der Waals surface area contributed by atoms with Gasteiger partial charge in [0, 0.05) is 12.1 Å². The van der Waals surface area contributed by atoms with Crippen molar-refractivity contribution in [1.29, 1.82) is 0 Å². The molecule has 0 saturated heterocycles. The van der Waals surface area contributed by atoms with Gasteiger partial charge in [-0.2, -0.15) is 0 Å². The fraction of sp³-hybridized carbons (Fsp3) is 0.333. The minimum Gasteiger partial charge on any atom is -0.396 e. The molecule has 2 rings (SSSR count). The molecular weight excluding hydrogens is 220 g/mol. The van der Waals surface area contributed by atoms with Crippen molar-refractivity contribution in [3.05, 3.63) is 35.6 Å². The SMILES string of the molecule is CCC(CO)c1nccc(-c2cccs2)n1. The van der Waals surface area contributed by atoms with Gasteiger partial charge in [0.1, 0.15) is 5.82 Å². The Morgan fingerprint density at radius 1 is 1.44 bits per heavy atom. The normalized spacial score (nSPS) is 12.6. The smallest absolute Gasteiger partial charge is 0.134 e. The molecule has 0 radical (unpaired) electrons. The van der Waals surface area contributed by atoms with E-state index in [1.165, 1.54) is 0 Å². The van der Waals surface area contributed by atoms with Crippen molar-refractivity contribution < 1.29 is 5.11 Å². The molecule has 0 bridgehead atoms. The first-order valence-corrected chi connectivity index (χ1v) is 6.20. The molecule has 2 aromatic rings. The third kappa shape index (κ3) is 2.28. The maximum atomic E-state index is 9.22. The Morgan fingerprint density at radius 3 is 2.94 bits per heavy atom. The Hall–Kier alpha value is -1.26. The zero-order chi connectivity index (χ0) is 11.4. The van der Waals surface area contributed by atoms with E-state index in [0.717, 1.165) is 22.8 Å². The van der Waals surface area contributed by atoms with Gasteiger partial charge in [-0.1, -0.05) is 13.0 Å². The van der Waals surface area contributed by atoms with Gasteiger partial charge in [0.2, 0.25) is 0 Å². The van der Waals surface area contributed by atoms with E-state index >= 15 is 0 Å². The van der Waals surface area contributed by atoms with Crippen LogP contribution in [0.25, 0.3) is 10.6 Å². The third-order valence-corrected chi connectivity index (χ3v) is 3.42. The summed E-state index contributed by atoms with van der Waals surface area (Å²) < 4.78 is 0. The number of hydrogen-bond acceptors (Lipinski definition) is 4. The van der Waals surface area contributed by atoms with Crippen LogP contribution in [-0.2, 0) is 0 Å². The Balaban J connectivity index is 2.33. The van der Waals surface area contributed by atoms with Gasteiger partial charge in [-0.25, -0.2) is 9.97 Å². The average molecular weight is 234 g/mol. The first-order chi connectivity index (χ1) is 7.85. The number of aliphatic hydroxyl groups excluding tert-OH is 1. The lowest BCUT2D eigenvalue weighted by molar-refractivity contribution is 0.257. The molecule has 0 spiro atoms. The van der Waals surface area contributed by atoms with Crippen molar-refractivity contribution in [2.75, 3.05) is 6.61 Å². The molecule has 2 aromatic heterocycles. The molecule has 16 heavy (non-hydrogen) atoms. The minimum atomic E-state index is 0.0416.